The van der Waals surface area contributed by atoms with Crippen molar-refractivity contribution in [2.24, 2.45) is 21.7 Å². The van der Waals surface area contributed by atoms with Crippen molar-refractivity contribution in [3.8, 4) is 0 Å². The van der Waals surface area contributed by atoms with Crippen molar-refractivity contribution in [1.82, 2.24) is 10.3 Å². The minimum Gasteiger partial charge on any atom is -0.316 e. The van der Waals surface area contributed by atoms with Gasteiger partial charge in [-0.2, -0.15) is 10.8 Å². The zero-order valence-corrected chi connectivity index (χ0v) is 19.7. The number of nitrogens with zero attached hydrogens (tertiary/aromatic N) is 4. The van der Waals surface area contributed by atoms with Crippen LogP contribution in [0.1, 0.15) is 59.5 Å². The van der Waals surface area contributed by atoms with Gasteiger partial charge in [-0.25, -0.2) is 4.98 Å². The SMILES string of the molecule is N[N+]12C=CN=CC1=C(C1CCCCNC1)N=C2c1ccc(C(=O)Nc2cc(C3CC3)ccn2)cc1. The molecule has 1 aromatic heterocycles. The maximum absolute atomic E-state index is 12.9. The van der Waals surface area contributed by atoms with Gasteiger partial charge in [-0.3, -0.25) is 9.79 Å². The number of pyridine rings is 1. The number of fused-ring (bicyclic) bond motifs is 1. The molecular weight excluding hydrogens is 438 g/mol. The first-order valence-corrected chi connectivity index (χ1v) is 12.4. The Kier molecular flexibility index (Phi) is 5.64. The molecule has 2 atom stereocenters. The van der Waals surface area contributed by atoms with E-state index in [9.17, 15) is 4.79 Å². The largest absolute Gasteiger partial charge is 0.316 e. The fourth-order valence-corrected chi connectivity index (χ4v) is 5.10. The molecule has 0 radical (unpaired) electrons. The third-order valence-corrected chi connectivity index (χ3v) is 7.24. The molecule has 178 valence electrons. The highest BCUT2D eigenvalue weighted by Crippen LogP contribution is 2.40. The van der Waals surface area contributed by atoms with Crippen LogP contribution in [0.3, 0.4) is 0 Å². The molecule has 8 nitrogen and oxygen atoms in total. The number of carbonyl (C=O) groups is 1. The number of rotatable bonds is 5. The Bertz CT molecular complexity index is 1260. The topological polar surface area (TPSA) is 105 Å². The Morgan fingerprint density at radius 1 is 1.09 bits per heavy atom. The maximum atomic E-state index is 12.9. The van der Waals surface area contributed by atoms with Crippen molar-refractivity contribution in [1.29, 1.82) is 0 Å². The fourth-order valence-electron chi connectivity index (χ4n) is 5.10. The molecule has 1 saturated heterocycles. The summed E-state index contributed by atoms with van der Waals surface area (Å²) < 4.78 is -0.00123. The van der Waals surface area contributed by atoms with Gasteiger partial charge in [0.05, 0.1) is 18.0 Å². The quantitative estimate of drug-likeness (QED) is 0.458. The number of benzene rings is 1. The lowest BCUT2D eigenvalue weighted by Gasteiger charge is -2.26. The van der Waals surface area contributed by atoms with Crippen molar-refractivity contribution in [3.05, 3.63) is 83.1 Å². The molecular formula is C27H30N7O+. The van der Waals surface area contributed by atoms with Crippen LogP contribution >= 0.6 is 0 Å². The number of hydrogen-bond acceptors (Lipinski definition) is 6. The number of hydrogen-bond donors (Lipinski definition) is 3. The molecule has 2 unspecified atom stereocenters. The van der Waals surface area contributed by atoms with Gasteiger partial charge in [0.25, 0.3) is 11.7 Å². The number of nitrogens with two attached hydrogens (primary N) is 1. The van der Waals surface area contributed by atoms with Crippen LogP contribution < -0.4 is 16.5 Å². The van der Waals surface area contributed by atoms with Crippen LogP contribution in [-0.4, -0.2) is 40.6 Å². The van der Waals surface area contributed by atoms with E-state index < -0.39 is 0 Å². The Labute approximate surface area is 204 Å². The second-order valence-electron chi connectivity index (χ2n) is 9.74. The lowest BCUT2D eigenvalue weighted by molar-refractivity contribution is -0.750. The number of aliphatic imine (C=N–C) groups is 2. The second-order valence-corrected chi connectivity index (χ2v) is 9.74. The van der Waals surface area contributed by atoms with Crippen LogP contribution in [0.2, 0.25) is 0 Å². The van der Waals surface area contributed by atoms with Crippen LogP contribution in [0.15, 0.2) is 76.4 Å². The van der Waals surface area contributed by atoms with E-state index in [1.165, 1.54) is 31.2 Å². The molecule has 1 aromatic carbocycles. The summed E-state index contributed by atoms with van der Waals surface area (Å²) in [4.78, 5) is 26.6. The number of aromatic nitrogens is 1. The summed E-state index contributed by atoms with van der Waals surface area (Å²) in [5.74, 6) is 8.94. The Hall–Kier alpha value is -3.46. The van der Waals surface area contributed by atoms with Crippen molar-refractivity contribution in [2.75, 3.05) is 18.4 Å². The maximum Gasteiger partial charge on any atom is 0.264 e. The molecule has 1 saturated carbocycles. The average Bonchev–Trinajstić information content (AvgIpc) is 3.71. The van der Waals surface area contributed by atoms with Gasteiger partial charge in [-0.15, -0.1) is 4.59 Å². The molecule has 35 heavy (non-hydrogen) atoms. The smallest absolute Gasteiger partial charge is 0.264 e. The minimum atomic E-state index is -0.184. The fraction of sp³-hybridized carbons (Fsp3) is 0.333. The lowest BCUT2D eigenvalue weighted by atomic mass is 9.98. The third kappa shape index (κ3) is 4.25. The van der Waals surface area contributed by atoms with Crippen LogP contribution in [-0.2, 0) is 0 Å². The number of amidine groups is 1. The molecule has 0 spiro atoms. The summed E-state index contributed by atoms with van der Waals surface area (Å²) in [6.45, 7) is 1.93. The van der Waals surface area contributed by atoms with Crippen molar-refractivity contribution in [3.63, 3.8) is 0 Å². The van der Waals surface area contributed by atoms with Crippen LogP contribution in [0.4, 0.5) is 5.82 Å². The molecule has 4 N–H and O–H groups in total. The van der Waals surface area contributed by atoms with Gasteiger partial charge < -0.3 is 10.6 Å². The predicted molar refractivity (Wildman–Crippen MR) is 136 cm³/mol. The number of anilines is 1. The summed E-state index contributed by atoms with van der Waals surface area (Å²) >= 11 is 0. The zero-order valence-electron chi connectivity index (χ0n) is 19.7. The average molecular weight is 469 g/mol. The molecule has 0 bridgehead atoms. The monoisotopic (exact) mass is 468 g/mol. The first-order valence-electron chi connectivity index (χ1n) is 12.4. The van der Waals surface area contributed by atoms with Crippen LogP contribution in [0.25, 0.3) is 0 Å². The highest BCUT2D eigenvalue weighted by atomic mass is 16.1. The Morgan fingerprint density at radius 3 is 2.77 bits per heavy atom. The van der Waals surface area contributed by atoms with Crippen molar-refractivity contribution >= 4 is 23.8 Å². The van der Waals surface area contributed by atoms with Gasteiger partial charge in [0.2, 0.25) is 5.70 Å². The predicted octanol–water partition coefficient (Wildman–Crippen LogP) is 3.82. The standard InChI is InChI=1S/C27H29N7O/c28-34-14-13-30-17-23(34)25(22-3-1-2-11-29-16-22)33-26(34)19-6-8-20(9-7-19)27(35)32-24-15-21(10-12-31-24)18-4-5-18/h6-10,12-15,17-18,22,29H,1-5,11,16,28H2/p+1. The highest BCUT2D eigenvalue weighted by Gasteiger charge is 2.45. The number of allylic oxidation sites excluding steroid dienone is 1. The summed E-state index contributed by atoms with van der Waals surface area (Å²) in [5, 5.41) is 6.45. The van der Waals surface area contributed by atoms with Gasteiger partial charge >= 0.3 is 0 Å². The molecule has 1 aliphatic carbocycles. The van der Waals surface area contributed by atoms with Crippen molar-refractivity contribution < 1.29 is 9.39 Å². The first kappa shape index (κ1) is 22.0. The van der Waals surface area contributed by atoms with E-state index >= 15 is 0 Å². The zero-order chi connectivity index (χ0) is 23.8. The van der Waals surface area contributed by atoms with Gasteiger partial charge in [-0.1, -0.05) is 6.42 Å². The van der Waals surface area contributed by atoms with Gasteiger partial charge in [0.15, 0.2) is 0 Å². The highest BCUT2D eigenvalue weighted by molar-refractivity contribution is 6.05. The number of nitrogens with one attached hydrogen (secondary N) is 2. The summed E-state index contributed by atoms with van der Waals surface area (Å²) in [6, 6.07) is 11.5. The molecule has 4 aliphatic rings. The molecule has 8 heteroatoms. The molecule has 3 aliphatic heterocycles. The normalized spacial score (nSPS) is 25.7. The van der Waals surface area contributed by atoms with Crippen LogP contribution in [0.5, 0.6) is 0 Å². The summed E-state index contributed by atoms with van der Waals surface area (Å²) in [5.41, 5.74) is 4.61. The summed E-state index contributed by atoms with van der Waals surface area (Å²) in [6.07, 6.45) is 13.0. The van der Waals surface area contributed by atoms with E-state index in [-0.39, 0.29) is 10.5 Å². The van der Waals surface area contributed by atoms with Gasteiger partial charge in [0, 0.05) is 24.2 Å². The number of carbonyl (C=O) groups excluding carboxylic acids is 1. The molecule has 6 rings (SSSR count). The number of quaternary nitrogens is 1. The van der Waals surface area contributed by atoms with Crippen LogP contribution in [0, 0.1) is 5.92 Å². The van der Waals surface area contributed by atoms with E-state index in [1.807, 2.05) is 48.8 Å². The Morgan fingerprint density at radius 2 is 1.94 bits per heavy atom. The van der Waals surface area contributed by atoms with Gasteiger partial charge in [0.1, 0.15) is 17.7 Å². The molecule has 2 fully saturated rings. The summed E-state index contributed by atoms with van der Waals surface area (Å²) in [7, 11) is 0. The van der Waals surface area contributed by atoms with Crippen molar-refractivity contribution in [2.45, 2.75) is 38.0 Å². The van der Waals surface area contributed by atoms with E-state index in [0.717, 1.165) is 42.3 Å². The first-order chi connectivity index (χ1) is 17.1. The second kappa shape index (κ2) is 8.96. The van der Waals surface area contributed by atoms with Gasteiger partial charge in [-0.05, 0) is 80.1 Å². The lowest BCUT2D eigenvalue weighted by Crippen LogP contribution is -2.53. The molecule has 4 heterocycles. The molecule has 2 aromatic rings. The van der Waals surface area contributed by atoms with E-state index in [4.69, 9.17) is 10.8 Å². The number of amides is 1. The minimum absolute atomic E-state index is 0.00123. The van der Waals surface area contributed by atoms with E-state index in [0.29, 0.717) is 23.2 Å². The molecule has 1 amide bonds. The van der Waals surface area contributed by atoms with E-state index in [2.05, 4.69) is 20.6 Å². The van der Waals surface area contributed by atoms with E-state index in [1.54, 1.807) is 12.4 Å². The Balaban J connectivity index is 1.24. The third-order valence-electron chi connectivity index (χ3n) is 7.24.